The molecule has 2 aliphatic rings. The van der Waals surface area contributed by atoms with E-state index in [9.17, 15) is 14.4 Å². The van der Waals surface area contributed by atoms with Crippen molar-refractivity contribution in [3.05, 3.63) is 60.0 Å². The lowest BCUT2D eigenvalue weighted by Crippen LogP contribution is -2.36. The van der Waals surface area contributed by atoms with Crippen LogP contribution in [0.25, 0.3) is 11.5 Å². The number of amides is 3. The van der Waals surface area contributed by atoms with Gasteiger partial charge in [0.15, 0.2) is 6.10 Å². The van der Waals surface area contributed by atoms with E-state index >= 15 is 0 Å². The van der Waals surface area contributed by atoms with Crippen LogP contribution < -0.4 is 9.64 Å². The molecule has 5 rings (SSSR count). The molecular weight excluding hydrogens is 438 g/mol. The van der Waals surface area contributed by atoms with Gasteiger partial charge >= 0.3 is 0 Å². The maximum Gasteiger partial charge on any atom is 0.268 e. The maximum absolute atomic E-state index is 13.1. The molecule has 0 aliphatic carbocycles. The molecule has 3 amide bonds. The van der Waals surface area contributed by atoms with Gasteiger partial charge in [-0.15, -0.1) is 10.2 Å². The lowest BCUT2D eigenvalue weighted by atomic mass is 10.1. The minimum atomic E-state index is -0.618. The van der Waals surface area contributed by atoms with Crippen molar-refractivity contribution < 1.29 is 23.5 Å². The number of benzene rings is 2. The summed E-state index contributed by atoms with van der Waals surface area (Å²) in [7, 11) is 3.32. The highest BCUT2D eigenvalue weighted by Gasteiger charge is 2.36. The number of rotatable bonds is 6. The largest absolute Gasteiger partial charge is 0.481 e. The van der Waals surface area contributed by atoms with Gasteiger partial charge in [0, 0.05) is 50.4 Å². The van der Waals surface area contributed by atoms with Crippen molar-refractivity contribution in [1.82, 2.24) is 20.0 Å². The molecule has 174 valence electrons. The van der Waals surface area contributed by atoms with E-state index < -0.39 is 6.10 Å². The fourth-order valence-corrected chi connectivity index (χ4v) is 4.11. The number of nitrogens with zero attached hydrogens (tertiary/aromatic N) is 5. The molecule has 10 heteroatoms. The van der Waals surface area contributed by atoms with E-state index in [0.717, 1.165) is 11.1 Å². The number of aromatic nitrogens is 2. The molecule has 34 heavy (non-hydrogen) atoms. The van der Waals surface area contributed by atoms with E-state index in [1.165, 1.54) is 16.2 Å². The summed E-state index contributed by atoms with van der Waals surface area (Å²) in [5, 5.41) is 7.53. The molecule has 0 unspecified atom stereocenters. The third kappa shape index (κ3) is 3.98. The summed E-state index contributed by atoms with van der Waals surface area (Å²) in [5.74, 6) is 0.472. The zero-order valence-corrected chi connectivity index (χ0v) is 18.8. The van der Waals surface area contributed by atoms with E-state index in [-0.39, 0.29) is 24.3 Å². The smallest absolute Gasteiger partial charge is 0.268 e. The molecule has 10 nitrogen and oxygen atoms in total. The molecule has 0 spiro atoms. The van der Waals surface area contributed by atoms with Gasteiger partial charge in [-0.1, -0.05) is 6.07 Å². The highest BCUT2D eigenvalue weighted by molar-refractivity contribution is 6.03. The Balaban J connectivity index is 1.26. The minimum Gasteiger partial charge on any atom is -0.481 e. The Kier molecular flexibility index (Phi) is 5.48. The van der Waals surface area contributed by atoms with Crippen molar-refractivity contribution in [2.75, 3.05) is 32.1 Å². The van der Waals surface area contributed by atoms with Gasteiger partial charge in [-0.3, -0.25) is 14.4 Å². The van der Waals surface area contributed by atoms with Gasteiger partial charge in [-0.25, -0.2) is 0 Å². The zero-order valence-electron chi connectivity index (χ0n) is 18.8. The second-order valence-corrected chi connectivity index (χ2v) is 8.44. The van der Waals surface area contributed by atoms with Crippen LogP contribution in [0.4, 0.5) is 5.69 Å². The second-order valence-electron chi connectivity index (χ2n) is 8.44. The van der Waals surface area contributed by atoms with Gasteiger partial charge in [-0.2, -0.15) is 0 Å². The van der Waals surface area contributed by atoms with Crippen molar-refractivity contribution in [3.63, 3.8) is 0 Å². The van der Waals surface area contributed by atoms with Crippen LogP contribution in [0.3, 0.4) is 0 Å². The van der Waals surface area contributed by atoms with Crippen LogP contribution in [0, 0.1) is 0 Å². The third-order valence-corrected chi connectivity index (χ3v) is 6.00. The molecular formula is C24H23N5O5. The van der Waals surface area contributed by atoms with Gasteiger partial charge in [0.05, 0.1) is 0 Å². The van der Waals surface area contributed by atoms with Crippen molar-refractivity contribution in [2.45, 2.75) is 19.1 Å². The molecule has 2 aromatic carbocycles. The predicted octanol–water partition coefficient (Wildman–Crippen LogP) is 1.96. The number of fused-ring (bicyclic) bond motifs is 1. The number of anilines is 1. The Morgan fingerprint density at radius 3 is 2.68 bits per heavy atom. The minimum absolute atomic E-state index is 0.0275. The number of ether oxygens (including phenoxy) is 1. The molecule has 1 atom stereocenters. The molecule has 0 saturated carbocycles. The number of likely N-dealkylation sites (N-methyl/N-ethyl adjacent to an activating group) is 1. The fraction of sp³-hybridized carbons (Fsp3) is 0.292. The summed E-state index contributed by atoms with van der Waals surface area (Å²) in [4.78, 5) is 42.5. The molecule has 3 aromatic rings. The van der Waals surface area contributed by atoms with Gasteiger partial charge in [0.25, 0.3) is 11.8 Å². The molecule has 1 saturated heterocycles. The van der Waals surface area contributed by atoms with E-state index in [1.54, 1.807) is 49.3 Å². The molecule has 3 heterocycles. The Bertz CT molecular complexity index is 1240. The summed E-state index contributed by atoms with van der Waals surface area (Å²) in [6, 6.07) is 12.5. The van der Waals surface area contributed by atoms with Crippen LogP contribution in [0.1, 0.15) is 22.3 Å². The molecule has 2 aliphatic heterocycles. The number of carbonyl (C=O) groups is 3. The first kappa shape index (κ1) is 21.6. The second kappa shape index (κ2) is 8.62. The van der Waals surface area contributed by atoms with E-state index in [4.69, 9.17) is 9.15 Å². The topological polar surface area (TPSA) is 109 Å². The molecule has 0 N–H and O–H groups in total. The summed E-state index contributed by atoms with van der Waals surface area (Å²) in [6.07, 6.45) is 1.17. The van der Waals surface area contributed by atoms with Gasteiger partial charge < -0.3 is 23.9 Å². The lowest BCUT2D eigenvalue weighted by molar-refractivity contribution is -0.129. The van der Waals surface area contributed by atoms with Gasteiger partial charge in [0.2, 0.25) is 18.2 Å². The molecule has 0 bridgehead atoms. The van der Waals surface area contributed by atoms with Crippen LogP contribution in [0.2, 0.25) is 0 Å². The quantitative estimate of drug-likeness (QED) is 0.552. The maximum atomic E-state index is 13.1. The summed E-state index contributed by atoms with van der Waals surface area (Å²) in [5.41, 5.74) is 2.78. The molecule has 1 aromatic heterocycles. The Morgan fingerprint density at radius 1 is 1.18 bits per heavy atom. The monoisotopic (exact) mass is 461 g/mol. The Morgan fingerprint density at radius 2 is 1.97 bits per heavy atom. The molecule has 0 radical (unpaired) electrons. The number of carbonyl (C=O) groups excluding carboxylic acids is 3. The first-order valence-electron chi connectivity index (χ1n) is 10.9. The average Bonchev–Trinajstić information content (AvgIpc) is 3.56. The normalized spacial score (nSPS) is 17.3. The van der Waals surface area contributed by atoms with Crippen LogP contribution in [0.15, 0.2) is 53.3 Å². The van der Waals surface area contributed by atoms with Crippen molar-refractivity contribution in [2.24, 2.45) is 0 Å². The highest BCUT2D eigenvalue weighted by atomic mass is 16.5. The summed E-state index contributed by atoms with van der Waals surface area (Å²) >= 11 is 0. The first-order chi connectivity index (χ1) is 16.4. The van der Waals surface area contributed by atoms with Crippen molar-refractivity contribution in [1.29, 1.82) is 0 Å². The Labute approximate surface area is 195 Å². The summed E-state index contributed by atoms with van der Waals surface area (Å²) < 4.78 is 11.1. The zero-order chi connectivity index (χ0) is 23.8. The van der Waals surface area contributed by atoms with Crippen LogP contribution in [-0.4, -0.2) is 71.0 Å². The standard InChI is InChI=1S/C24H23N5O5/c1-27(2)21(30)13-28-12-16-3-6-17(11-19(16)23(28)31)29-10-9-20(24(29)32)34-18-7-4-15(5-8-18)22-26-25-14-33-22/h3-8,11,14,20H,9-10,12-13H2,1-2H3/t20-/m1/s1. The van der Waals surface area contributed by atoms with Crippen LogP contribution in [-0.2, 0) is 16.1 Å². The highest BCUT2D eigenvalue weighted by Crippen LogP contribution is 2.31. The van der Waals surface area contributed by atoms with E-state index in [2.05, 4.69) is 10.2 Å². The van der Waals surface area contributed by atoms with Crippen molar-refractivity contribution >= 4 is 23.4 Å². The summed E-state index contributed by atoms with van der Waals surface area (Å²) in [6.45, 7) is 0.895. The first-order valence-corrected chi connectivity index (χ1v) is 10.9. The fourth-order valence-electron chi connectivity index (χ4n) is 4.11. The van der Waals surface area contributed by atoms with E-state index in [0.29, 0.717) is 42.4 Å². The van der Waals surface area contributed by atoms with E-state index in [1.807, 2.05) is 12.1 Å². The van der Waals surface area contributed by atoms with Gasteiger partial charge in [0.1, 0.15) is 12.3 Å². The molecule has 1 fully saturated rings. The van der Waals surface area contributed by atoms with Crippen LogP contribution in [0.5, 0.6) is 5.75 Å². The number of hydrogen-bond acceptors (Lipinski definition) is 7. The Hall–Kier alpha value is -4.21. The average molecular weight is 461 g/mol. The number of hydrogen-bond donors (Lipinski definition) is 0. The van der Waals surface area contributed by atoms with Crippen molar-refractivity contribution in [3.8, 4) is 17.2 Å². The lowest BCUT2D eigenvalue weighted by Gasteiger charge is -2.18. The van der Waals surface area contributed by atoms with Crippen LogP contribution >= 0.6 is 0 Å². The third-order valence-electron chi connectivity index (χ3n) is 6.00. The SMILES string of the molecule is CN(C)C(=O)CN1Cc2ccc(N3CC[C@@H](Oc4ccc(-c5nnco5)cc4)C3=O)cc2C1=O. The van der Waals surface area contributed by atoms with Gasteiger partial charge in [-0.05, 0) is 42.0 Å². The predicted molar refractivity (Wildman–Crippen MR) is 121 cm³/mol.